The van der Waals surface area contributed by atoms with Gasteiger partial charge in [0.15, 0.2) is 27.8 Å². The van der Waals surface area contributed by atoms with Crippen LogP contribution >= 0.6 is 23.1 Å². The molecule has 0 bridgehead atoms. The molecule has 2 fully saturated rings. The number of aliphatic carboxylic acids is 1. The number of pyridine rings is 1. The minimum atomic E-state index is -1.27. The Morgan fingerprint density at radius 3 is 2.46 bits per heavy atom. The Kier molecular flexibility index (Phi) is 8.63. The van der Waals surface area contributed by atoms with Crippen LogP contribution in [0.4, 0.5) is 5.13 Å². The molecule has 3 aliphatic rings. The molecule has 15 nitrogen and oxygen atoms in total. The average molecular weight is 699 g/mol. The number of phenols is 2. The van der Waals surface area contributed by atoms with Crippen molar-refractivity contribution in [2.24, 2.45) is 5.16 Å². The number of carbonyl (C=O) groups excluding carboxylic acids is 2. The van der Waals surface area contributed by atoms with E-state index in [4.69, 9.17) is 5.73 Å². The number of carboxylic acids is 1. The summed E-state index contributed by atoms with van der Waals surface area (Å²) in [6, 6.07) is 1.53. The number of thioether (sulfide) groups is 1. The maximum absolute atomic E-state index is 13.8. The predicted octanol–water partition coefficient (Wildman–Crippen LogP) is 2.15. The van der Waals surface area contributed by atoms with Gasteiger partial charge in [-0.3, -0.25) is 19.3 Å². The molecule has 6 rings (SSSR count). The molecule has 3 aliphatic heterocycles. The summed E-state index contributed by atoms with van der Waals surface area (Å²) in [4.78, 5) is 58.2. The standard InChI is InChI=1S/C31H35N7O8S2/c1-14(2)36-10-16(26(41)17-8-21(39)22(40)9-20(17)36)11-38(6-4-5-7-38)12-18-15(3)48-29-24(28(43)37(29)25(18)30(44)45)34-27(42)23(35-46)19-13-47-31(32)33-19/h8-10,13-15,24,29H,4-7,11-12H2,1-3H3,(H6-,32,33,34,35,39,40,41,42,44,45,46)/p+1/t15-,24+,29+/m0/s1. The smallest absolute Gasteiger partial charge is 0.352 e. The van der Waals surface area contributed by atoms with Crippen LogP contribution in [-0.2, 0) is 20.9 Å². The number of aromatic hydroxyl groups is 2. The second-order valence-corrected chi connectivity index (χ2v) is 15.0. The topological polar surface area (TPSA) is 221 Å². The van der Waals surface area contributed by atoms with E-state index in [1.54, 1.807) is 6.20 Å². The summed E-state index contributed by atoms with van der Waals surface area (Å²) in [5.41, 5.74) is 6.41. The number of fused-ring (bicyclic) bond motifs is 2. The Hall–Kier alpha value is -4.61. The molecule has 2 aromatic heterocycles. The molecule has 3 aromatic rings. The number of phenolic OH excluding ortho intramolecular Hbond substituents is 2. The summed E-state index contributed by atoms with van der Waals surface area (Å²) in [6.45, 7) is 7.73. The number of aromatic nitrogens is 2. The van der Waals surface area contributed by atoms with Crippen molar-refractivity contribution in [1.29, 1.82) is 0 Å². The van der Waals surface area contributed by atoms with Gasteiger partial charge >= 0.3 is 5.97 Å². The fourth-order valence-electron chi connectivity index (χ4n) is 6.95. The lowest BCUT2D eigenvalue weighted by atomic mass is 9.99. The number of β-lactam (4-membered cyclic amide) rings is 1. The van der Waals surface area contributed by atoms with E-state index in [-0.39, 0.29) is 50.9 Å². The Morgan fingerprint density at radius 2 is 1.85 bits per heavy atom. The minimum absolute atomic E-state index is 0.0420. The molecule has 5 heterocycles. The second kappa shape index (κ2) is 12.4. The van der Waals surface area contributed by atoms with Gasteiger partial charge in [-0.25, -0.2) is 9.78 Å². The second-order valence-electron chi connectivity index (χ2n) is 12.7. The maximum atomic E-state index is 13.8. The molecule has 7 N–H and O–H groups in total. The van der Waals surface area contributed by atoms with Gasteiger partial charge in [0.25, 0.3) is 11.8 Å². The number of nitrogens with zero attached hydrogens (tertiary/aromatic N) is 5. The van der Waals surface area contributed by atoms with E-state index in [2.05, 4.69) is 15.5 Å². The van der Waals surface area contributed by atoms with Gasteiger partial charge in [0.2, 0.25) is 0 Å². The number of nitrogen functional groups attached to an aromatic ring is 1. The fourth-order valence-corrected chi connectivity index (χ4v) is 8.94. The van der Waals surface area contributed by atoms with Crippen LogP contribution in [0.15, 0.2) is 44.9 Å². The number of carbonyl (C=O) groups is 3. The monoisotopic (exact) mass is 698 g/mol. The number of nitrogens with one attached hydrogen (secondary N) is 1. The van der Waals surface area contributed by atoms with Crippen LogP contribution in [-0.4, -0.2) is 99.3 Å². The van der Waals surface area contributed by atoms with Crippen LogP contribution in [0.1, 0.15) is 50.9 Å². The molecule has 17 heteroatoms. The SMILES string of the molecule is CC(C)n1cc(C[N+]2(CC3=C(C(=O)O)N4C(=O)[C@@H](NC(=O)/C(=N\O)c5csc(N)n5)[C@H]4S[C@H]3C)CCCC2)c(=O)c2cc(O)c(O)cc21. The van der Waals surface area contributed by atoms with Crippen molar-refractivity contribution in [1.82, 2.24) is 19.8 Å². The van der Waals surface area contributed by atoms with Crippen LogP contribution in [0, 0.1) is 0 Å². The third-order valence-corrected chi connectivity index (χ3v) is 11.4. The van der Waals surface area contributed by atoms with Crippen LogP contribution in [0.2, 0.25) is 0 Å². The molecule has 2 saturated heterocycles. The largest absolute Gasteiger partial charge is 0.504 e. The van der Waals surface area contributed by atoms with Gasteiger partial charge in [0.05, 0.1) is 29.6 Å². The van der Waals surface area contributed by atoms with E-state index >= 15 is 0 Å². The normalized spacial score (nSPS) is 22.2. The zero-order valence-corrected chi connectivity index (χ0v) is 28.0. The first-order chi connectivity index (χ1) is 22.7. The zero-order valence-electron chi connectivity index (χ0n) is 26.4. The van der Waals surface area contributed by atoms with Crippen molar-refractivity contribution in [3.63, 3.8) is 0 Å². The first-order valence-corrected chi connectivity index (χ1v) is 17.2. The fraction of sp³-hybridized carbons (Fsp3) is 0.419. The van der Waals surface area contributed by atoms with Crippen molar-refractivity contribution in [2.75, 3.05) is 25.4 Å². The number of nitrogens with two attached hydrogens (primary N) is 1. The van der Waals surface area contributed by atoms with Crippen molar-refractivity contribution in [3.8, 4) is 11.5 Å². The van der Waals surface area contributed by atoms with Crippen molar-refractivity contribution >= 4 is 62.6 Å². The lowest BCUT2D eigenvalue weighted by Crippen LogP contribution is -2.71. The number of carboxylic acid groups (broad SMARTS) is 1. The quantitative estimate of drug-likeness (QED) is 0.0475. The highest BCUT2D eigenvalue weighted by atomic mass is 32.2. The first kappa shape index (κ1) is 33.3. The van der Waals surface area contributed by atoms with Gasteiger partial charge < -0.3 is 40.6 Å². The summed E-state index contributed by atoms with van der Waals surface area (Å²) in [5, 5.41) is 46.7. The van der Waals surface area contributed by atoms with Crippen molar-refractivity contribution < 1.29 is 39.4 Å². The highest BCUT2D eigenvalue weighted by Crippen LogP contribution is 2.45. The average Bonchev–Trinajstić information content (AvgIpc) is 3.68. The Labute approximate surface area is 282 Å². The van der Waals surface area contributed by atoms with Crippen molar-refractivity contribution in [3.05, 3.63) is 56.5 Å². The van der Waals surface area contributed by atoms with Gasteiger partial charge in [-0.1, -0.05) is 5.16 Å². The molecule has 2 amide bonds. The number of likely N-dealkylation sites (tertiary alicyclic amines) is 1. The number of thiazole rings is 1. The zero-order chi connectivity index (χ0) is 34.7. The van der Waals surface area contributed by atoms with E-state index < -0.39 is 40.7 Å². The van der Waals surface area contributed by atoms with E-state index in [0.29, 0.717) is 40.8 Å². The third kappa shape index (κ3) is 5.64. The molecule has 0 aliphatic carbocycles. The number of hydrogen-bond acceptors (Lipinski definition) is 12. The molecule has 254 valence electrons. The van der Waals surface area contributed by atoms with Crippen LogP contribution < -0.4 is 16.5 Å². The number of benzene rings is 1. The van der Waals surface area contributed by atoms with Crippen LogP contribution in [0.5, 0.6) is 11.5 Å². The number of rotatable bonds is 9. The molecule has 0 saturated carbocycles. The van der Waals surface area contributed by atoms with Gasteiger partial charge in [-0.2, -0.15) is 0 Å². The van der Waals surface area contributed by atoms with E-state index in [1.165, 1.54) is 34.2 Å². The summed E-state index contributed by atoms with van der Waals surface area (Å²) in [7, 11) is 0. The molecule has 48 heavy (non-hydrogen) atoms. The van der Waals surface area contributed by atoms with Gasteiger partial charge in [-0.05, 0) is 26.8 Å². The van der Waals surface area contributed by atoms with E-state index in [9.17, 15) is 39.7 Å². The third-order valence-electron chi connectivity index (χ3n) is 9.28. The lowest BCUT2D eigenvalue weighted by molar-refractivity contribution is -0.925. The van der Waals surface area contributed by atoms with E-state index in [0.717, 1.165) is 24.2 Å². The first-order valence-electron chi connectivity index (χ1n) is 15.4. The molecular weight excluding hydrogens is 663 g/mol. The highest BCUT2D eigenvalue weighted by molar-refractivity contribution is 8.00. The maximum Gasteiger partial charge on any atom is 0.352 e. The number of quaternary nitrogens is 1. The van der Waals surface area contributed by atoms with Crippen LogP contribution in [0.25, 0.3) is 10.9 Å². The van der Waals surface area contributed by atoms with Gasteiger partial charge in [0.1, 0.15) is 35.9 Å². The highest BCUT2D eigenvalue weighted by Gasteiger charge is 2.57. The summed E-state index contributed by atoms with van der Waals surface area (Å²) in [6.07, 6.45) is 3.52. The van der Waals surface area contributed by atoms with E-state index in [1.807, 2.05) is 25.3 Å². The minimum Gasteiger partial charge on any atom is -0.504 e. The Bertz CT molecular complexity index is 1960. The molecule has 3 atom stereocenters. The Morgan fingerprint density at radius 1 is 1.17 bits per heavy atom. The molecule has 0 radical (unpaired) electrons. The molecule has 0 unspecified atom stereocenters. The number of oxime groups is 1. The molecule has 0 spiro atoms. The molecule has 1 aromatic carbocycles. The van der Waals surface area contributed by atoms with Crippen LogP contribution in [0.3, 0.4) is 0 Å². The van der Waals surface area contributed by atoms with Crippen molar-refractivity contribution in [2.45, 2.75) is 62.9 Å². The Balaban J connectivity index is 1.31. The molecular formula is C31H36N7O8S2+. The van der Waals surface area contributed by atoms with Gasteiger partial charge in [0, 0.05) is 47.3 Å². The van der Waals surface area contributed by atoms with Gasteiger partial charge in [-0.15, -0.1) is 23.1 Å². The summed E-state index contributed by atoms with van der Waals surface area (Å²) >= 11 is 2.40. The number of anilines is 1. The summed E-state index contributed by atoms with van der Waals surface area (Å²) < 4.78 is 2.28. The lowest BCUT2D eigenvalue weighted by Gasteiger charge is -2.51. The number of hydrogen-bond donors (Lipinski definition) is 6. The summed E-state index contributed by atoms with van der Waals surface area (Å²) in [5.74, 6) is -3.44. The number of amides is 2. The predicted molar refractivity (Wildman–Crippen MR) is 179 cm³/mol.